The van der Waals surface area contributed by atoms with Gasteiger partial charge in [-0.2, -0.15) is 4.57 Å². The van der Waals surface area contributed by atoms with Crippen molar-refractivity contribution in [3.8, 4) is 11.6 Å². The van der Waals surface area contributed by atoms with E-state index in [1.54, 1.807) is 30.5 Å². The van der Waals surface area contributed by atoms with E-state index in [9.17, 15) is 0 Å². The Labute approximate surface area is 133 Å². The van der Waals surface area contributed by atoms with Crippen LogP contribution >= 0.6 is 0 Å². The first-order chi connectivity index (χ1) is 11.3. The molecule has 0 saturated carbocycles. The summed E-state index contributed by atoms with van der Waals surface area (Å²) in [5.41, 5.74) is 10.2. The summed E-state index contributed by atoms with van der Waals surface area (Å²) in [5.74, 6) is 1.04. The second kappa shape index (κ2) is 7.06. The minimum Gasteiger partial charge on any atom is -0.434 e. The van der Waals surface area contributed by atoms with E-state index >= 15 is 0 Å². The molecular formula is C17H14N5O+. The molecule has 0 unspecified atom stereocenters. The second-order valence-electron chi connectivity index (χ2n) is 4.84. The van der Waals surface area contributed by atoms with Crippen molar-refractivity contribution in [1.29, 1.82) is 0 Å². The van der Waals surface area contributed by atoms with Gasteiger partial charge in [-0.1, -0.05) is 47.6 Å². The number of benzene rings is 2. The van der Waals surface area contributed by atoms with Crippen molar-refractivity contribution in [2.45, 2.75) is 6.54 Å². The Kier molecular flexibility index (Phi) is 4.47. The number of rotatable bonds is 5. The van der Waals surface area contributed by atoms with Crippen LogP contribution in [0.25, 0.3) is 10.4 Å². The molecule has 23 heavy (non-hydrogen) atoms. The number of hydrogen-bond acceptors (Lipinski definition) is 3. The summed E-state index contributed by atoms with van der Waals surface area (Å²) in [6, 6.07) is 17.1. The van der Waals surface area contributed by atoms with Gasteiger partial charge in [0, 0.05) is 16.2 Å². The Bertz CT molecular complexity index is 844. The van der Waals surface area contributed by atoms with Gasteiger partial charge in [0.25, 0.3) is 5.88 Å². The largest absolute Gasteiger partial charge is 0.434 e. The zero-order chi connectivity index (χ0) is 15.9. The molecule has 0 amide bonds. The van der Waals surface area contributed by atoms with Crippen LogP contribution in [-0.2, 0) is 6.54 Å². The van der Waals surface area contributed by atoms with Gasteiger partial charge >= 0.3 is 0 Å². The zero-order valence-corrected chi connectivity index (χ0v) is 12.3. The van der Waals surface area contributed by atoms with Crippen LogP contribution in [0.5, 0.6) is 11.6 Å². The number of aromatic nitrogens is 2. The van der Waals surface area contributed by atoms with Gasteiger partial charge in [-0.05, 0) is 17.7 Å². The lowest BCUT2D eigenvalue weighted by Crippen LogP contribution is -2.33. The molecule has 0 fully saturated rings. The normalized spacial score (nSPS) is 9.91. The summed E-state index contributed by atoms with van der Waals surface area (Å²) >= 11 is 0. The molecule has 0 radical (unpaired) electrons. The van der Waals surface area contributed by atoms with Crippen LogP contribution in [0.15, 0.2) is 78.3 Å². The third-order valence-electron chi connectivity index (χ3n) is 3.14. The third-order valence-corrected chi connectivity index (χ3v) is 3.14. The molecular weight excluding hydrogens is 290 g/mol. The van der Waals surface area contributed by atoms with E-state index in [1.807, 2.05) is 35.2 Å². The van der Waals surface area contributed by atoms with Crippen molar-refractivity contribution in [2.24, 2.45) is 5.11 Å². The smallest absolute Gasteiger partial charge is 0.285 e. The summed E-state index contributed by atoms with van der Waals surface area (Å²) in [7, 11) is 0. The van der Waals surface area contributed by atoms with Gasteiger partial charge < -0.3 is 4.74 Å². The highest BCUT2D eigenvalue weighted by atomic mass is 16.5. The van der Waals surface area contributed by atoms with Crippen LogP contribution in [0.3, 0.4) is 0 Å². The minimum atomic E-state index is 0.474. The Morgan fingerprint density at radius 3 is 2.83 bits per heavy atom. The number of azide groups is 1. The molecule has 1 heterocycles. The minimum absolute atomic E-state index is 0.474. The third kappa shape index (κ3) is 4.06. The molecule has 3 aromatic rings. The molecule has 0 N–H and O–H groups in total. The van der Waals surface area contributed by atoms with Gasteiger partial charge in [0.1, 0.15) is 5.75 Å². The molecule has 3 rings (SSSR count). The quantitative estimate of drug-likeness (QED) is 0.307. The van der Waals surface area contributed by atoms with E-state index in [0.29, 0.717) is 17.3 Å². The standard InChI is InChI=1S/C17H14N5O/c18-21-20-15-7-4-8-16(11-15)23-17-13-22(10-9-19-17)12-14-5-2-1-3-6-14/h1-11,13H,12H2/q+1. The Morgan fingerprint density at radius 2 is 2.00 bits per heavy atom. The van der Waals surface area contributed by atoms with E-state index in [4.69, 9.17) is 10.3 Å². The van der Waals surface area contributed by atoms with Gasteiger partial charge in [-0.3, -0.25) is 0 Å². The van der Waals surface area contributed by atoms with Crippen LogP contribution < -0.4 is 9.30 Å². The summed E-state index contributed by atoms with van der Waals surface area (Å²) < 4.78 is 7.72. The average Bonchev–Trinajstić information content (AvgIpc) is 2.57. The molecule has 0 atom stereocenters. The van der Waals surface area contributed by atoms with Crippen LogP contribution in [0, 0.1) is 0 Å². The maximum atomic E-state index is 8.48. The van der Waals surface area contributed by atoms with Crippen molar-refractivity contribution in [3.63, 3.8) is 0 Å². The highest BCUT2D eigenvalue weighted by Crippen LogP contribution is 2.23. The van der Waals surface area contributed by atoms with Crippen molar-refractivity contribution < 1.29 is 9.30 Å². The number of nitrogens with zero attached hydrogens (tertiary/aromatic N) is 5. The molecule has 1 aromatic heterocycles. The van der Waals surface area contributed by atoms with E-state index in [1.165, 1.54) is 5.56 Å². The Morgan fingerprint density at radius 1 is 1.13 bits per heavy atom. The lowest BCUT2D eigenvalue weighted by molar-refractivity contribution is -0.689. The van der Waals surface area contributed by atoms with Crippen molar-refractivity contribution in [1.82, 2.24) is 4.98 Å². The predicted molar refractivity (Wildman–Crippen MR) is 85.3 cm³/mol. The highest BCUT2D eigenvalue weighted by molar-refractivity contribution is 5.43. The van der Waals surface area contributed by atoms with Gasteiger partial charge in [-0.25, -0.2) is 4.98 Å². The fourth-order valence-electron chi connectivity index (χ4n) is 2.14. The van der Waals surface area contributed by atoms with Crippen LogP contribution in [0.1, 0.15) is 5.56 Å². The predicted octanol–water partition coefficient (Wildman–Crippen LogP) is 4.15. The van der Waals surface area contributed by atoms with Crippen LogP contribution in [-0.4, -0.2) is 4.98 Å². The van der Waals surface area contributed by atoms with Crippen LogP contribution in [0.2, 0.25) is 0 Å². The summed E-state index contributed by atoms with van der Waals surface area (Å²) in [5, 5.41) is 3.56. The summed E-state index contributed by atoms with van der Waals surface area (Å²) in [4.78, 5) is 6.97. The topological polar surface area (TPSA) is 74.8 Å². The van der Waals surface area contributed by atoms with E-state index < -0.39 is 0 Å². The fourth-order valence-corrected chi connectivity index (χ4v) is 2.14. The fraction of sp³-hybridized carbons (Fsp3) is 0.0588. The molecule has 0 aliphatic rings. The summed E-state index contributed by atoms with van der Waals surface area (Å²) in [6.07, 6.45) is 5.40. The molecule has 0 aliphatic carbocycles. The zero-order valence-electron chi connectivity index (χ0n) is 12.3. The molecule has 0 bridgehead atoms. The molecule has 0 spiro atoms. The van der Waals surface area contributed by atoms with Crippen molar-refractivity contribution in [3.05, 3.63) is 89.2 Å². The van der Waals surface area contributed by atoms with E-state index in [2.05, 4.69) is 27.1 Å². The van der Waals surface area contributed by atoms with Crippen molar-refractivity contribution >= 4 is 5.69 Å². The van der Waals surface area contributed by atoms with Gasteiger partial charge in [0.2, 0.25) is 6.20 Å². The highest BCUT2D eigenvalue weighted by Gasteiger charge is 2.07. The molecule has 112 valence electrons. The van der Waals surface area contributed by atoms with Crippen LogP contribution in [0.4, 0.5) is 5.69 Å². The lowest BCUT2D eigenvalue weighted by atomic mass is 10.2. The first kappa shape index (κ1) is 14.6. The second-order valence-corrected chi connectivity index (χ2v) is 4.84. The van der Waals surface area contributed by atoms with Gasteiger partial charge in [0.15, 0.2) is 12.7 Å². The Hall–Kier alpha value is -3.37. The van der Waals surface area contributed by atoms with E-state index in [-0.39, 0.29) is 0 Å². The molecule has 6 heteroatoms. The first-order valence-corrected chi connectivity index (χ1v) is 7.05. The summed E-state index contributed by atoms with van der Waals surface area (Å²) in [6.45, 7) is 0.735. The molecule has 2 aromatic carbocycles. The SMILES string of the molecule is [N-]=[N+]=Nc1cccc(Oc2c[n+](Cc3ccccc3)ccn2)c1. The molecule has 6 nitrogen and oxygen atoms in total. The molecule has 0 aliphatic heterocycles. The number of ether oxygens (including phenoxy) is 1. The lowest BCUT2D eigenvalue weighted by Gasteiger charge is -2.04. The maximum Gasteiger partial charge on any atom is 0.285 e. The van der Waals surface area contributed by atoms with Gasteiger partial charge in [0.05, 0.1) is 6.20 Å². The molecule has 0 saturated heterocycles. The monoisotopic (exact) mass is 304 g/mol. The Balaban J connectivity index is 1.77. The first-order valence-electron chi connectivity index (χ1n) is 7.05. The number of hydrogen-bond donors (Lipinski definition) is 0. The van der Waals surface area contributed by atoms with Crippen molar-refractivity contribution in [2.75, 3.05) is 0 Å². The maximum absolute atomic E-state index is 8.48. The average molecular weight is 304 g/mol. The van der Waals surface area contributed by atoms with Gasteiger partial charge in [-0.15, -0.1) is 0 Å². The van der Waals surface area contributed by atoms with E-state index in [0.717, 1.165) is 6.54 Å².